The van der Waals surface area contributed by atoms with Gasteiger partial charge in [-0.15, -0.1) is 0 Å². The Labute approximate surface area is 242 Å². The molecule has 3 rings (SSSR count). The van der Waals surface area contributed by atoms with Gasteiger partial charge in [-0.3, -0.25) is 14.9 Å². The minimum Gasteiger partial charge on any atom is -0.465 e. The molecule has 0 aliphatic heterocycles. The summed E-state index contributed by atoms with van der Waals surface area (Å²) in [5, 5.41) is 14.1. The second-order valence-electron chi connectivity index (χ2n) is 10.1. The van der Waals surface area contributed by atoms with Crippen molar-refractivity contribution < 1.29 is 37.8 Å². The first kappa shape index (κ1) is 32.0. The SMILES string of the molecule is CCC(=O)c1ccc(F)c(C2CC2NC(=O)Nc2ccc(C#N)cn2)c1OC(=O)OCCCCOC(=O)[C@@H](N)C(C)C. The minimum atomic E-state index is -1.12. The van der Waals surface area contributed by atoms with E-state index in [0.717, 1.165) is 6.07 Å². The average molecular weight is 584 g/mol. The second-order valence-corrected chi connectivity index (χ2v) is 10.1. The normalized spacial score (nSPS) is 16.1. The predicted molar refractivity (Wildman–Crippen MR) is 148 cm³/mol. The van der Waals surface area contributed by atoms with Crippen LogP contribution < -0.4 is 21.1 Å². The molecule has 1 aromatic carbocycles. The van der Waals surface area contributed by atoms with Gasteiger partial charge in [0.2, 0.25) is 0 Å². The van der Waals surface area contributed by atoms with E-state index >= 15 is 4.39 Å². The van der Waals surface area contributed by atoms with E-state index in [9.17, 15) is 19.2 Å². The van der Waals surface area contributed by atoms with E-state index in [-0.39, 0.29) is 54.0 Å². The van der Waals surface area contributed by atoms with Crippen molar-refractivity contribution in [1.82, 2.24) is 10.3 Å². The number of carbonyl (C=O) groups is 4. The standard InChI is InChI=1S/C29H34FN5O7/c1-4-22(36)18-8-9-20(30)24(19-13-21(19)34-28(38)35-23-10-7-17(14-31)15-33-23)26(18)42-29(39)41-12-6-5-11-40-27(37)25(32)16(2)3/h7-10,15-16,19,21,25H,4-6,11-13,32H2,1-3H3,(H2,33,34,35,38)/t19?,21?,25-/m0/s1. The number of anilines is 1. The molecule has 224 valence electrons. The monoisotopic (exact) mass is 583 g/mol. The van der Waals surface area contributed by atoms with E-state index in [0.29, 0.717) is 24.8 Å². The summed E-state index contributed by atoms with van der Waals surface area (Å²) < 4.78 is 30.6. The molecule has 13 heteroatoms. The topological polar surface area (TPSA) is 183 Å². The van der Waals surface area contributed by atoms with Gasteiger partial charge in [0, 0.05) is 30.1 Å². The Kier molecular flexibility index (Phi) is 11.3. The fraction of sp³-hybridized carbons (Fsp3) is 0.448. The van der Waals surface area contributed by atoms with Crippen LogP contribution >= 0.6 is 0 Å². The summed E-state index contributed by atoms with van der Waals surface area (Å²) in [4.78, 5) is 53.3. The number of nitrogens with two attached hydrogens (primary N) is 1. The van der Waals surface area contributed by atoms with Crippen LogP contribution in [0.5, 0.6) is 5.75 Å². The number of Topliss-reactive ketones (excluding diaryl/α,β-unsaturated/α-hetero) is 1. The maximum Gasteiger partial charge on any atom is 0.513 e. The molecule has 1 saturated carbocycles. The summed E-state index contributed by atoms with van der Waals surface area (Å²) in [5.74, 6) is -2.22. The zero-order valence-corrected chi connectivity index (χ0v) is 23.6. The molecule has 2 amide bonds. The summed E-state index contributed by atoms with van der Waals surface area (Å²) >= 11 is 0. The molecule has 1 fully saturated rings. The number of nitrogens with one attached hydrogen (secondary N) is 2. The van der Waals surface area contributed by atoms with Gasteiger partial charge in [-0.2, -0.15) is 5.26 Å². The summed E-state index contributed by atoms with van der Waals surface area (Å²) in [7, 11) is 0. The van der Waals surface area contributed by atoms with E-state index in [1.807, 2.05) is 19.9 Å². The van der Waals surface area contributed by atoms with Crippen molar-refractivity contribution in [2.45, 2.75) is 64.5 Å². The number of amides is 2. The number of nitrogens with zero attached hydrogens (tertiary/aromatic N) is 2. The van der Waals surface area contributed by atoms with Gasteiger partial charge < -0.3 is 25.3 Å². The van der Waals surface area contributed by atoms with Gasteiger partial charge in [-0.05, 0) is 49.4 Å². The van der Waals surface area contributed by atoms with E-state index < -0.39 is 42.0 Å². The lowest BCUT2D eigenvalue weighted by Gasteiger charge is -2.16. The van der Waals surface area contributed by atoms with Crippen molar-refractivity contribution in [3.8, 4) is 11.8 Å². The molecule has 4 N–H and O–H groups in total. The van der Waals surface area contributed by atoms with Crippen LogP contribution in [0.1, 0.15) is 73.9 Å². The molecule has 1 aromatic heterocycles. The number of esters is 1. The van der Waals surface area contributed by atoms with Gasteiger partial charge in [0.25, 0.3) is 0 Å². The lowest BCUT2D eigenvalue weighted by atomic mass is 10.00. The van der Waals surface area contributed by atoms with Gasteiger partial charge >= 0.3 is 18.2 Å². The maximum absolute atomic E-state index is 15.1. The quantitative estimate of drug-likeness (QED) is 0.134. The highest BCUT2D eigenvalue weighted by atomic mass is 19.1. The molecule has 12 nitrogen and oxygen atoms in total. The third-order valence-corrected chi connectivity index (χ3v) is 6.56. The number of rotatable bonds is 13. The summed E-state index contributed by atoms with van der Waals surface area (Å²) in [6, 6.07) is 5.44. The molecule has 42 heavy (non-hydrogen) atoms. The Bertz CT molecular complexity index is 1340. The maximum atomic E-state index is 15.1. The van der Waals surface area contributed by atoms with Crippen molar-refractivity contribution in [2.75, 3.05) is 18.5 Å². The summed E-state index contributed by atoms with van der Waals surface area (Å²) in [6.07, 6.45) is 1.36. The number of benzene rings is 1. The number of ether oxygens (including phenoxy) is 3. The van der Waals surface area contributed by atoms with Crippen LogP contribution in [-0.4, -0.2) is 54.2 Å². The van der Waals surface area contributed by atoms with Crippen LogP contribution in [0.4, 0.5) is 19.8 Å². The zero-order chi connectivity index (χ0) is 30.8. The number of halogens is 1. The lowest BCUT2D eigenvalue weighted by molar-refractivity contribution is -0.146. The van der Waals surface area contributed by atoms with Crippen molar-refractivity contribution in [3.63, 3.8) is 0 Å². The van der Waals surface area contributed by atoms with Crippen LogP contribution in [0.15, 0.2) is 30.5 Å². The molecule has 1 aliphatic carbocycles. The van der Waals surface area contributed by atoms with Crippen LogP contribution in [-0.2, 0) is 14.3 Å². The molecule has 2 unspecified atom stereocenters. The van der Waals surface area contributed by atoms with Crippen LogP contribution in [0, 0.1) is 23.1 Å². The third kappa shape index (κ3) is 8.71. The molecule has 0 bridgehead atoms. The molecule has 2 aromatic rings. The number of carbonyl (C=O) groups excluding carboxylic acids is 4. The van der Waals surface area contributed by atoms with Gasteiger partial charge in [-0.25, -0.2) is 19.0 Å². The summed E-state index contributed by atoms with van der Waals surface area (Å²) in [6.45, 7) is 5.28. The number of nitriles is 1. The molecular formula is C29H34FN5O7. The van der Waals surface area contributed by atoms with E-state index in [1.54, 1.807) is 6.92 Å². The number of pyridine rings is 1. The Morgan fingerprint density at radius 3 is 2.48 bits per heavy atom. The van der Waals surface area contributed by atoms with Crippen molar-refractivity contribution in [1.29, 1.82) is 5.26 Å². The number of ketones is 1. The third-order valence-electron chi connectivity index (χ3n) is 6.56. The van der Waals surface area contributed by atoms with Crippen LogP contribution in [0.2, 0.25) is 0 Å². The van der Waals surface area contributed by atoms with Gasteiger partial charge in [0.1, 0.15) is 23.7 Å². The van der Waals surface area contributed by atoms with E-state index in [1.165, 1.54) is 24.4 Å². The predicted octanol–water partition coefficient (Wildman–Crippen LogP) is 4.18. The highest BCUT2D eigenvalue weighted by molar-refractivity contribution is 5.99. The highest BCUT2D eigenvalue weighted by Gasteiger charge is 2.44. The molecule has 0 saturated heterocycles. The second kappa shape index (κ2) is 14.9. The van der Waals surface area contributed by atoms with Gasteiger partial charge in [0.05, 0.1) is 24.3 Å². The number of urea groups is 1. The van der Waals surface area contributed by atoms with Crippen molar-refractivity contribution >= 4 is 29.8 Å². The number of hydrogen-bond acceptors (Lipinski definition) is 10. The molecule has 0 spiro atoms. The Morgan fingerprint density at radius 1 is 1.14 bits per heavy atom. The lowest BCUT2D eigenvalue weighted by Crippen LogP contribution is -2.37. The first-order valence-corrected chi connectivity index (χ1v) is 13.6. The Morgan fingerprint density at radius 2 is 1.86 bits per heavy atom. The van der Waals surface area contributed by atoms with E-state index in [2.05, 4.69) is 15.6 Å². The molecule has 3 atom stereocenters. The molecule has 1 aliphatic rings. The number of aromatic nitrogens is 1. The van der Waals surface area contributed by atoms with Gasteiger partial charge in [-0.1, -0.05) is 20.8 Å². The largest absolute Gasteiger partial charge is 0.513 e. The Balaban J connectivity index is 1.59. The fourth-order valence-electron chi connectivity index (χ4n) is 3.98. The van der Waals surface area contributed by atoms with Gasteiger partial charge in [0.15, 0.2) is 11.5 Å². The minimum absolute atomic E-state index is 0.0125. The van der Waals surface area contributed by atoms with Crippen LogP contribution in [0.25, 0.3) is 0 Å². The van der Waals surface area contributed by atoms with E-state index in [4.69, 9.17) is 25.2 Å². The fourth-order valence-corrected chi connectivity index (χ4v) is 3.98. The smallest absolute Gasteiger partial charge is 0.465 e. The summed E-state index contributed by atoms with van der Waals surface area (Å²) in [5.41, 5.74) is 6.08. The average Bonchev–Trinajstić information content (AvgIpc) is 3.72. The molecular weight excluding hydrogens is 549 g/mol. The van der Waals surface area contributed by atoms with Crippen molar-refractivity contribution in [3.05, 3.63) is 53.0 Å². The first-order valence-electron chi connectivity index (χ1n) is 13.6. The zero-order valence-electron chi connectivity index (χ0n) is 23.6. The molecule has 0 radical (unpaired) electrons. The Hall–Kier alpha value is -4.57. The highest BCUT2D eigenvalue weighted by Crippen LogP contribution is 2.47. The first-order chi connectivity index (χ1) is 20.0. The number of hydrogen-bond donors (Lipinski definition) is 3. The van der Waals surface area contributed by atoms with Crippen molar-refractivity contribution in [2.24, 2.45) is 11.7 Å². The number of unbranched alkanes of at least 4 members (excludes halogenated alkanes) is 1. The molecule has 1 heterocycles. The van der Waals surface area contributed by atoms with Crippen LogP contribution in [0.3, 0.4) is 0 Å².